The van der Waals surface area contributed by atoms with Crippen molar-refractivity contribution in [3.8, 4) is 0 Å². The maximum Gasteiger partial charge on any atom is 0.243 e. The van der Waals surface area contributed by atoms with Crippen LogP contribution in [0.15, 0.2) is 24.3 Å². The monoisotopic (exact) mass is 325 g/mol. The van der Waals surface area contributed by atoms with Gasteiger partial charge < -0.3 is 20.3 Å². The van der Waals surface area contributed by atoms with Crippen LogP contribution in [0, 0.1) is 0 Å². The fourth-order valence-corrected chi connectivity index (χ4v) is 2.50. The molecule has 1 aliphatic rings. The minimum Gasteiger partial charge on any atom is -0.375 e. The first-order chi connectivity index (χ1) is 10.5. The van der Waals surface area contributed by atoms with Crippen LogP contribution in [0.25, 0.3) is 0 Å². The van der Waals surface area contributed by atoms with Crippen LogP contribution in [-0.4, -0.2) is 55.6 Å². The van der Waals surface area contributed by atoms with Gasteiger partial charge in [-0.1, -0.05) is 17.7 Å². The van der Waals surface area contributed by atoms with E-state index in [1.54, 1.807) is 31.3 Å². The Morgan fingerprint density at radius 1 is 1.50 bits per heavy atom. The number of ether oxygens (including phenoxy) is 1. The van der Waals surface area contributed by atoms with Crippen LogP contribution in [0.5, 0.6) is 0 Å². The number of nitrogens with zero attached hydrogens (tertiary/aromatic N) is 1. The number of hydrogen-bond acceptors (Lipinski definition) is 4. The highest BCUT2D eigenvalue weighted by atomic mass is 35.5. The van der Waals surface area contributed by atoms with Crippen LogP contribution in [0.4, 0.5) is 5.69 Å². The maximum atomic E-state index is 12.3. The molecule has 1 aliphatic heterocycles. The Morgan fingerprint density at radius 3 is 2.95 bits per heavy atom. The first-order valence-electron chi connectivity index (χ1n) is 7.13. The molecule has 22 heavy (non-hydrogen) atoms. The van der Waals surface area contributed by atoms with Gasteiger partial charge in [0, 0.05) is 24.3 Å². The summed E-state index contributed by atoms with van der Waals surface area (Å²) in [5, 5.41) is 6.37. The summed E-state index contributed by atoms with van der Waals surface area (Å²) in [5.74, 6) is -0.434. The minimum absolute atomic E-state index is 0.0315. The molecule has 1 aromatic carbocycles. The van der Waals surface area contributed by atoms with Crippen molar-refractivity contribution in [1.29, 1.82) is 0 Å². The van der Waals surface area contributed by atoms with Crippen LogP contribution in [-0.2, 0) is 14.3 Å². The van der Waals surface area contributed by atoms with E-state index in [9.17, 15) is 9.59 Å². The van der Waals surface area contributed by atoms with Gasteiger partial charge in [-0.2, -0.15) is 0 Å². The number of amides is 2. The van der Waals surface area contributed by atoms with Crippen molar-refractivity contribution < 1.29 is 14.3 Å². The Balaban J connectivity index is 1.89. The largest absolute Gasteiger partial charge is 0.375 e. The summed E-state index contributed by atoms with van der Waals surface area (Å²) in [6.45, 7) is 3.03. The van der Waals surface area contributed by atoms with Crippen LogP contribution in [0.1, 0.15) is 6.92 Å². The van der Waals surface area contributed by atoms with Crippen LogP contribution < -0.4 is 10.6 Å². The molecular weight excluding hydrogens is 306 g/mol. The molecule has 1 aromatic rings. The van der Waals surface area contributed by atoms with Gasteiger partial charge in [-0.25, -0.2) is 0 Å². The zero-order valence-electron chi connectivity index (χ0n) is 12.6. The van der Waals surface area contributed by atoms with Crippen LogP contribution in [0.3, 0.4) is 0 Å². The number of carbonyl (C=O) groups excluding carboxylic acids is 2. The molecule has 6 nitrogen and oxygen atoms in total. The van der Waals surface area contributed by atoms with E-state index in [0.717, 1.165) is 0 Å². The van der Waals surface area contributed by atoms with Gasteiger partial charge in [0.25, 0.3) is 0 Å². The predicted molar refractivity (Wildman–Crippen MR) is 84.9 cm³/mol. The second kappa shape index (κ2) is 7.58. The van der Waals surface area contributed by atoms with Gasteiger partial charge in [-0.05, 0) is 25.1 Å². The zero-order valence-corrected chi connectivity index (χ0v) is 13.4. The van der Waals surface area contributed by atoms with Gasteiger partial charge in [0.2, 0.25) is 11.8 Å². The number of anilines is 1. The normalized spacial score (nSPS) is 21.2. The van der Waals surface area contributed by atoms with Crippen LogP contribution in [0.2, 0.25) is 5.02 Å². The molecule has 0 radical (unpaired) electrons. The number of nitrogens with one attached hydrogen (secondary N) is 2. The van der Waals surface area contributed by atoms with E-state index >= 15 is 0 Å². The number of rotatable bonds is 4. The molecule has 0 aromatic heterocycles. The summed E-state index contributed by atoms with van der Waals surface area (Å²) in [5.41, 5.74) is 0.603. The number of hydrogen-bond donors (Lipinski definition) is 2. The van der Waals surface area contributed by atoms with Gasteiger partial charge >= 0.3 is 0 Å². The van der Waals surface area contributed by atoms with Crippen molar-refractivity contribution in [3.63, 3.8) is 0 Å². The fourth-order valence-electron chi connectivity index (χ4n) is 2.31. The van der Waals surface area contributed by atoms with Gasteiger partial charge in [0.1, 0.15) is 6.04 Å². The number of morpholine rings is 1. The van der Waals surface area contributed by atoms with E-state index in [1.165, 1.54) is 4.90 Å². The summed E-state index contributed by atoms with van der Waals surface area (Å²) >= 11 is 5.86. The molecule has 2 N–H and O–H groups in total. The third-order valence-corrected chi connectivity index (χ3v) is 3.68. The fraction of sp³-hybridized carbons (Fsp3) is 0.467. The Bertz CT molecular complexity index is 553. The lowest BCUT2D eigenvalue weighted by molar-refractivity contribution is -0.140. The van der Waals surface area contributed by atoms with Gasteiger partial charge in [-0.15, -0.1) is 0 Å². The third kappa shape index (κ3) is 4.43. The van der Waals surface area contributed by atoms with Crippen molar-refractivity contribution in [2.24, 2.45) is 0 Å². The van der Waals surface area contributed by atoms with Gasteiger partial charge in [0.15, 0.2) is 0 Å². The number of likely N-dealkylation sites (N-methyl/N-ethyl adjacent to an activating group) is 1. The number of carbonyl (C=O) groups is 2. The first kappa shape index (κ1) is 16.7. The molecule has 1 heterocycles. The van der Waals surface area contributed by atoms with Crippen LogP contribution >= 0.6 is 11.6 Å². The smallest absolute Gasteiger partial charge is 0.243 e. The topological polar surface area (TPSA) is 70.7 Å². The SMILES string of the molecule is C[C@H]1OCCN[C@@H]1C(=O)N(C)CC(=O)Nc1cccc(Cl)c1. The molecule has 0 spiro atoms. The molecule has 1 fully saturated rings. The van der Waals surface area contributed by atoms with Crippen molar-refractivity contribution in [1.82, 2.24) is 10.2 Å². The summed E-state index contributed by atoms with van der Waals surface area (Å²) in [7, 11) is 1.60. The predicted octanol–water partition coefficient (Wildman–Crippen LogP) is 1.11. The van der Waals surface area contributed by atoms with E-state index in [0.29, 0.717) is 23.9 Å². The average molecular weight is 326 g/mol. The molecule has 0 saturated carbocycles. The second-order valence-electron chi connectivity index (χ2n) is 5.26. The lowest BCUT2D eigenvalue weighted by Crippen LogP contribution is -2.56. The third-order valence-electron chi connectivity index (χ3n) is 3.45. The number of benzene rings is 1. The standard InChI is InChI=1S/C15H20ClN3O3/c1-10-14(17-6-7-22-10)15(21)19(2)9-13(20)18-12-5-3-4-11(16)8-12/h3-5,8,10,14,17H,6-7,9H2,1-2H3,(H,18,20)/t10-,14+/m1/s1. The Morgan fingerprint density at radius 2 is 2.27 bits per heavy atom. The Hall–Kier alpha value is -1.63. The average Bonchev–Trinajstić information content (AvgIpc) is 2.46. The molecule has 2 atom stereocenters. The van der Waals surface area contributed by atoms with Crippen molar-refractivity contribution >= 4 is 29.1 Å². The molecule has 120 valence electrons. The maximum absolute atomic E-state index is 12.3. The summed E-state index contributed by atoms with van der Waals surface area (Å²) < 4.78 is 5.45. The highest BCUT2D eigenvalue weighted by molar-refractivity contribution is 6.30. The summed E-state index contributed by atoms with van der Waals surface area (Å²) in [6, 6.07) is 6.45. The highest BCUT2D eigenvalue weighted by Crippen LogP contribution is 2.15. The lowest BCUT2D eigenvalue weighted by atomic mass is 10.1. The molecular formula is C15H20ClN3O3. The van der Waals surface area contributed by atoms with Crippen molar-refractivity contribution in [3.05, 3.63) is 29.3 Å². The minimum atomic E-state index is -0.419. The lowest BCUT2D eigenvalue weighted by Gasteiger charge is -2.32. The van der Waals surface area contributed by atoms with E-state index in [1.807, 2.05) is 6.92 Å². The second-order valence-corrected chi connectivity index (χ2v) is 5.70. The highest BCUT2D eigenvalue weighted by Gasteiger charge is 2.31. The molecule has 2 amide bonds. The first-order valence-corrected chi connectivity index (χ1v) is 7.50. The molecule has 7 heteroatoms. The van der Waals surface area contributed by atoms with E-state index < -0.39 is 6.04 Å². The molecule has 2 rings (SSSR count). The van der Waals surface area contributed by atoms with Gasteiger partial charge in [0.05, 0.1) is 19.3 Å². The van der Waals surface area contributed by atoms with Crippen molar-refractivity contribution in [2.45, 2.75) is 19.1 Å². The Labute approximate surface area is 134 Å². The van der Waals surface area contributed by atoms with Crippen molar-refractivity contribution in [2.75, 3.05) is 32.1 Å². The Kier molecular flexibility index (Phi) is 5.76. The molecule has 0 aliphatic carbocycles. The molecule has 1 saturated heterocycles. The quantitative estimate of drug-likeness (QED) is 0.870. The van der Waals surface area contributed by atoms with E-state index in [2.05, 4.69) is 10.6 Å². The zero-order chi connectivity index (χ0) is 16.1. The summed E-state index contributed by atoms with van der Waals surface area (Å²) in [4.78, 5) is 25.7. The number of halogens is 1. The molecule has 0 bridgehead atoms. The van der Waals surface area contributed by atoms with Gasteiger partial charge in [-0.3, -0.25) is 9.59 Å². The molecule has 0 unspecified atom stereocenters. The van der Waals surface area contributed by atoms with E-state index in [4.69, 9.17) is 16.3 Å². The van der Waals surface area contributed by atoms with E-state index in [-0.39, 0.29) is 24.5 Å². The summed E-state index contributed by atoms with van der Waals surface area (Å²) in [6.07, 6.45) is -0.209.